The Balaban J connectivity index is 2.26. The number of nitrogens with one attached hydrogen (secondary N) is 3. The standard InChI is InChI=1S/C9H10ClN3O2/c10-6-3-1-2-5(4-6)7-8(9(14)15)12-13-11-7/h1-4,7-8,11-13H,(H,14,15). The lowest BCUT2D eigenvalue weighted by atomic mass is 10.0. The Morgan fingerprint density at radius 1 is 1.40 bits per heavy atom. The first kappa shape index (κ1) is 10.4. The van der Waals surface area contributed by atoms with Gasteiger partial charge in [-0.3, -0.25) is 4.79 Å². The SMILES string of the molecule is O=C(O)C1NNNC1c1cccc(Cl)c1. The predicted octanol–water partition coefficient (Wildman–Crippen LogP) is 0.447. The second-order valence-electron chi connectivity index (χ2n) is 3.26. The van der Waals surface area contributed by atoms with Crippen molar-refractivity contribution in [2.24, 2.45) is 0 Å². The maximum atomic E-state index is 10.9. The van der Waals surface area contributed by atoms with Crippen LogP contribution in [0.1, 0.15) is 11.6 Å². The monoisotopic (exact) mass is 227 g/mol. The van der Waals surface area contributed by atoms with Gasteiger partial charge in [-0.1, -0.05) is 23.7 Å². The summed E-state index contributed by atoms with van der Waals surface area (Å²) >= 11 is 5.83. The minimum absolute atomic E-state index is 0.332. The molecule has 5 nitrogen and oxygen atoms in total. The van der Waals surface area contributed by atoms with Crippen molar-refractivity contribution in [3.8, 4) is 0 Å². The van der Waals surface area contributed by atoms with Crippen molar-refractivity contribution in [1.82, 2.24) is 16.4 Å². The average Bonchev–Trinajstić information content (AvgIpc) is 2.65. The fourth-order valence-corrected chi connectivity index (χ4v) is 1.74. The molecule has 1 aliphatic heterocycles. The van der Waals surface area contributed by atoms with Gasteiger partial charge >= 0.3 is 5.97 Å². The van der Waals surface area contributed by atoms with Crippen LogP contribution in [0.5, 0.6) is 0 Å². The van der Waals surface area contributed by atoms with Gasteiger partial charge in [0.1, 0.15) is 6.04 Å². The molecule has 0 amide bonds. The minimum Gasteiger partial charge on any atom is -0.480 e. The van der Waals surface area contributed by atoms with E-state index >= 15 is 0 Å². The van der Waals surface area contributed by atoms with E-state index in [4.69, 9.17) is 16.7 Å². The van der Waals surface area contributed by atoms with Crippen LogP contribution in [0.3, 0.4) is 0 Å². The highest BCUT2D eigenvalue weighted by atomic mass is 35.5. The predicted molar refractivity (Wildman–Crippen MR) is 55.0 cm³/mol. The molecular formula is C9H10ClN3O2. The van der Waals surface area contributed by atoms with Gasteiger partial charge in [-0.05, 0) is 17.7 Å². The summed E-state index contributed by atoms with van der Waals surface area (Å²) in [5, 5.41) is 9.53. The number of benzene rings is 1. The van der Waals surface area contributed by atoms with Crippen LogP contribution in [-0.4, -0.2) is 17.1 Å². The molecule has 0 radical (unpaired) electrons. The van der Waals surface area contributed by atoms with E-state index in [1.807, 2.05) is 6.07 Å². The molecule has 6 heteroatoms. The second kappa shape index (κ2) is 4.16. The highest BCUT2D eigenvalue weighted by Gasteiger charge is 2.33. The lowest BCUT2D eigenvalue weighted by Gasteiger charge is -2.14. The Labute approximate surface area is 91.4 Å². The summed E-state index contributed by atoms with van der Waals surface area (Å²) in [7, 11) is 0. The van der Waals surface area contributed by atoms with E-state index in [1.165, 1.54) is 0 Å². The van der Waals surface area contributed by atoms with Gasteiger partial charge in [0.05, 0.1) is 6.04 Å². The fraction of sp³-hybridized carbons (Fsp3) is 0.222. The number of carboxylic acids is 1. The Morgan fingerprint density at radius 3 is 2.87 bits per heavy atom. The molecule has 2 atom stereocenters. The number of rotatable bonds is 2. The summed E-state index contributed by atoms with van der Waals surface area (Å²) in [6.45, 7) is 0. The largest absolute Gasteiger partial charge is 0.480 e. The van der Waals surface area contributed by atoms with Crippen LogP contribution >= 0.6 is 11.6 Å². The zero-order valence-corrected chi connectivity index (χ0v) is 8.45. The summed E-state index contributed by atoms with van der Waals surface area (Å²) in [5.41, 5.74) is 8.88. The number of carboxylic acid groups (broad SMARTS) is 1. The van der Waals surface area contributed by atoms with Gasteiger partial charge in [0.15, 0.2) is 0 Å². The summed E-state index contributed by atoms with van der Waals surface area (Å²) in [4.78, 5) is 10.9. The van der Waals surface area contributed by atoms with Crippen molar-refractivity contribution in [2.75, 3.05) is 0 Å². The van der Waals surface area contributed by atoms with Gasteiger partial charge in [-0.15, -0.1) is 0 Å². The van der Waals surface area contributed by atoms with Crippen LogP contribution in [0.25, 0.3) is 0 Å². The first-order valence-electron chi connectivity index (χ1n) is 4.43. The van der Waals surface area contributed by atoms with E-state index in [1.54, 1.807) is 18.2 Å². The number of carbonyl (C=O) groups is 1. The maximum absolute atomic E-state index is 10.9. The van der Waals surface area contributed by atoms with E-state index in [2.05, 4.69) is 16.4 Å². The molecule has 0 aliphatic carbocycles. The van der Waals surface area contributed by atoms with Crippen LogP contribution in [-0.2, 0) is 4.79 Å². The number of hydrogen-bond donors (Lipinski definition) is 4. The highest BCUT2D eigenvalue weighted by Crippen LogP contribution is 2.21. The van der Waals surface area contributed by atoms with Crippen LogP contribution in [0, 0.1) is 0 Å². The zero-order chi connectivity index (χ0) is 10.8. The molecule has 1 aromatic carbocycles. The zero-order valence-electron chi connectivity index (χ0n) is 7.70. The quantitative estimate of drug-likeness (QED) is 0.590. The second-order valence-corrected chi connectivity index (χ2v) is 3.70. The first-order chi connectivity index (χ1) is 7.18. The molecule has 1 aliphatic rings. The van der Waals surface area contributed by atoms with Crippen molar-refractivity contribution >= 4 is 17.6 Å². The van der Waals surface area contributed by atoms with Crippen LogP contribution in [0.2, 0.25) is 5.02 Å². The Bertz CT molecular complexity index is 385. The van der Waals surface area contributed by atoms with E-state index in [-0.39, 0.29) is 6.04 Å². The molecule has 2 rings (SSSR count). The third kappa shape index (κ3) is 2.10. The Morgan fingerprint density at radius 2 is 2.20 bits per heavy atom. The van der Waals surface area contributed by atoms with Gasteiger partial charge in [0.2, 0.25) is 0 Å². The Hall–Kier alpha value is -1.14. The highest BCUT2D eigenvalue weighted by molar-refractivity contribution is 6.30. The fourth-order valence-electron chi connectivity index (χ4n) is 1.54. The van der Waals surface area contributed by atoms with Crippen LogP contribution in [0.15, 0.2) is 24.3 Å². The molecule has 4 N–H and O–H groups in total. The van der Waals surface area contributed by atoms with Crippen LogP contribution in [0.4, 0.5) is 0 Å². The number of halogens is 1. The van der Waals surface area contributed by atoms with Gasteiger partial charge in [0, 0.05) is 5.02 Å². The third-order valence-electron chi connectivity index (χ3n) is 2.26. The van der Waals surface area contributed by atoms with Crippen molar-refractivity contribution in [1.29, 1.82) is 0 Å². The molecule has 0 spiro atoms. The molecular weight excluding hydrogens is 218 g/mol. The first-order valence-corrected chi connectivity index (χ1v) is 4.80. The minimum atomic E-state index is -0.919. The van der Waals surface area contributed by atoms with E-state index < -0.39 is 12.0 Å². The van der Waals surface area contributed by atoms with Gasteiger partial charge < -0.3 is 5.11 Å². The molecule has 0 aromatic heterocycles. The molecule has 1 heterocycles. The average molecular weight is 228 g/mol. The van der Waals surface area contributed by atoms with Crippen molar-refractivity contribution < 1.29 is 9.90 Å². The smallest absolute Gasteiger partial charge is 0.324 e. The van der Waals surface area contributed by atoms with Gasteiger partial charge in [-0.25, -0.2) is 10.9 Å². The Kier molecular flexibility index (Phi) is 2.88. The van der Waals surface area contributed by atoms with Crippen molar-refractivity contribution in [2.45, 2.75) is 12.1 Å². The number of aliphatic carboxylic acids is 1. The molecule has 1 fully saturated rings. The van der Waals surface area contributed by atoms with E-state index in [9.17, 15) is 4.79 Å². The van der Waals surface area contributed by atoms with E-state index in [0.717, 1.165) is 5.56 Å². The summed E-state index contributed by atoms with van der Waals surface area (Å²) in [5.74, 6) is -0.919. The number of hydrazine groups is 2. The molecule has 1 saturated heterocycles. The molecule has 1 aromatic rings. The normalized spacial score (nSPS) is 25.4. The van der Waals surface area contributed by atoms with E-state index in [0.29, 0.717) is 5.02 Å². The summed E-state index contributed by atoms with van der Waals surface area (Å²) < 4.78 is 0. The number of hydrogen-bond acceptors (Lipinski definition) is 4. The molecule has 0 saturated carbocycles. The van der Waals surface area contributed by atoms with Crippen LogP contribution < -0.4 is 16.4 Å². The lowest BCUT2D eigenvalue weighted by Crippen LogP contribution is -2.38. The molecule has 0 bridgehead atoms. The maximum Gasteiger partial charge on any atom is 0.324 e. The van der Waals surface area contributed by atoms with Crippen molar-refractivity contribution in [3.05, 3.63) is 34.9 Å². The third-order valence-corrected chi connectivity index (χ3v) is 2.50. The summed E-state index contributed by atoms with van der Waals surface area (Å²) in [6, 6.07) is 6.07. The molecule has 80 valence electrons. The van der Waals surface area contributed by atoms with Crippen molar-refractivity contribution in [3.63, 3.8) is 0 Å². The lowest BCUT2D eigenvalue weighted by molar-refractivity contribution is -0.139. The topological polar surface area (TPSA) is 73.4 Å². The summed E-state index contributed by atoms with van der Waals surface area (Å²) in [6.07, 6.45) is 0. The molecule has 2 unspecified atom stereocenters. The molecule has 15 heavy (non-hydrogen) atoms. The van der Waals surface area contributed by atoms with Gasteiger partial charge in [-0.2, -0.15) is 5.53 Å². The van der Waals surface area contributed by atoms with Gasteiger partial charge in [0.25, 0.3) is 0 Å².